The molecule has 2 aromatic rings. The van der Waals surface area contributed by atoms with Crippen LogP contribution in [0.3, 0.4) is 0 Å². The third-order valence-corrected chi connectivity index (χ3v) is 3.00. The number of carbonyl (C=O) groups excluding carboxylic acids is 1. The molecular formula is C16H13ClO3. The Morgan fingerprint density at radius 2 is 1.90 bits per heavy atom. The van der Waals surface area contributed by atoms with Crippen LogP contribution >= 0.6 is 11.6 Å². The van der Waals surface area contributed by atoms with Crippen LogP contribution in [-0.2, 0) is 0 Å². The molecule has 1 N–H and O–H groups in total. The van der Waals surface area contributed by atoms with Gasteiger partial charge in [0, 0.05) is 5.02 Å². The third-order valence-electron chi connectivity index (χ3n) is 2.77. The van der Waals surface area contributed by atoms with Gasteiger partial charge in [0.2, 0.25) is 0 Å². The Bertz CT molecular complexity index is 645. The summed E-state index contributed by atoms with van der Waals surface area (Å²) < 4.78 is 5.05. The first-order valence-corrected chi connectivity index (χ1v) is 6.33. The van der Waals surface area contributed by atoms with Crippen molar-refractivity contribution in [1.82, 2.24) is 0 Å². The normalized spacial score (nSPS) is 10.7. The summed E-state index contributed by atoms with van der Waals surface area (Å²) in [4.78, 5) is 12.0. The van der Waals surface area contributed by atoms with E-state index in [0.717, 1.165) is 11.3 Å². The van der Waals surface area contributed by atoms with Crippen LogP contribution in [0, 0.1) is 0 Å². The Balaban J connectivity index is 2.15. The molecule has 0 aliphatic heterocycles. The maximum atomic E-state index is 12.0. The number of aromatic hydroxyl groups is 1. The summed E-state index contributed by atoms with van der Waals surface area (Å²) in [6.45, 7) is 0. The highest BCUT2D eigenvalue weighted by molar-refractivity contribution is 6.31. The second-order valence-electron chi connectivity index (χ2n) is 4.13. The van der Waals surface area contributed by atoms with Crippen molar-refractivity contribution in [2.45, 2.75) is 0 Å². The van der Waals surface area contributed by atoms with Crippen LogP contribution in [0.25, 0.3) is 6.08 Å². The number of halogens is 1. The number of phenolic OH excluding ortho intramolecular Hbond substituents is 1. The third kappa shape index (κ3) is 3.39. The fraction of sp³-hybridized carbons (Fsp3) is 0.0625. The monoisotopic (exact) mass is 288 g/mol. The zero-order valence-corrected chi connectivity index (χ0v) is 11.6. The molecule has 4 heteroatoms. The Labute approximate surface area is 122 Å². The quantitative estimate of drug-likeness (QED) is 0.684. The smallest absolute Gasteiger partial charge is 0.189 e. The van der Waals surface area contributed by atoms with Crippen molar-refractivity contribution in [2.75, 3.05) is 7.11 Å². The Kier molecular flexibility index (Phi) is 4.43. The molecule has 0 saturated heterocycles. The molecule has 2 aromatic carbocycles. The van der Waals surface area contributed by atoms with Gasteiger partial charge >= 0.3 is 0 Å². The molecule has 0 atom stereocenters. The second-order valence-corrected chi connectivity index (χ2v) is 4.57. The summed E-state index contributed by atoms with van der Waals surface area (Å²) in [5, 5.41) is 10.1. The maximum absolute atomic E-state index is 12.0. The molecule has 0 fully saturated rings. The van der Waals surface area contributed by atoms with Gasteiger partial charge in [0.15, 0.2) is 5.78 Å². The lowest BCUT2D eigenvalue weighted by molar-refractivity contribution is 0.104. The minimum atomic E-state index is -0.282. The Morgan fingerprint density at radius 3 is 2.50 bits per heavy atom. The lowest BCUT2D eigenvalue weighted by Gasteiger charge is -2.01. The Morgan fingerprint density at radius 1 is 1.20 bits per heavy atom. The van der Waals surface area contributed by atoms with Gasteiger partial charge in [0.25, 0.3) is 0 Å². The summed E-state index contributed by atoms with van der Waals surface area (Å²) in [6.07, 6.45) is 3.08. The number of carbonyl (C=O) groups is 1. The van der Waals surface area contributed by atoms with E-state index >= 15 is 0 Å². The first-order chi connectivity index (χ1) is 9.60. The van der Waals surface area contributed by atoms with Crippen LogP contribution in [0.2, 0.25) is 5.02 Å². The molecule has 0 aliphatic carbocycles. The number of hydrogen-bond acceptors (Lipinski definition) is 3. The van der Waals surface area contributed by atoms with Crippen LogP contribution in [0.1, 0.15) is 15.9 Å². The first-order valence-electron chi connectivity index (χ1n) is 5.95. The summed E-state index contributed by atoms with van der Waals surface area (Å²) in [7, 11) is 1.59. The summed E-state index contributed by atoms with van der Waals surface area (Å²) in [6, 6.07) is 11.7. The average molecular weight is 289 g/mol. The first kappa shape index (κ1) is 14.2. The molecule has 0 aromatic heterocycles. The molecule has 3 nitrogen and oxygen atoms in total. The van der Waals surface area contributed by atoms with E-state index in [0.29, 0.717) is 5.02 Å². The number of hydrogen-bond donors (Lipinski definition) is 1. The zero-order chi connectivity index (χ0) is 14.5. The van der Waals surface area contributed by atoms with E-state index in [2.05, 4.69) is 0 Å². The number of phenols is 1. The summed E-state index contributed by atoms with van der Waals surface area (Å²) in [5.41, 5.74) is 1.09. The van der Waals surface area contributed by atoms with E-state index in [1.54, 1.807) is 19.3 Å². The van der Waals surface area contributed by atoms with Crippen LogP contribution in [-0.4, -0.2) is 18.0 Å². The average Bonchev–Trinajstić information content (AvgIpc) is 2.45. The van der Waals surface area contributed by atoms with Crippen molar-refractivity contribution < 1.29 is 14.6 Å². The van der Waals surface area contributed by atoms with E-state index < -0.39 is 0 Å². The van der Waals surface area contributed by atoms with E-state index in [1.165, 1.54) is 18.2 Å². The summed E-state index contributed by atoms with van der Waals surface area (Å²) in [5.74, 6) is 0.348. The van der Waals surface area contributed by atoms with Gasteiger partial charge in [-0.2, -0.15) is 0 Å². The second kappa shape index (κ2) is 6.26. The lowest BCUT2D eigenvalue weighted by Crippen LogP contribution is -1.94. The largest absolute Gasteiger partial charge is 0.507 e. The molecule has 0 spiro atoms. The van der Waals surface area contributed by atoms with Crippen molar-refractivity contribution in [3.63, 3.8) is 0 Å². The number of benzene rings is 2. The molecule has 20 heavy (non-hydrogen) atoms. The molecule has 0 unspecified atom stereocenters. The van der Waals surface area contributed by atoms with Crippen molar-refractivity contribution in [1.29, 1.82) is 0 Å². The van der Waals surface area contributed by atoms with Gasteiger partial charge in [-0.25, -0.2) is 0 Å². The molecule has 102 valence electrons. The number of methoxy groups -OCH3 is 1. The minimum Gasteiger partial charge on any atom is -0.507 e. The fourth-order valence-corrected chi connectivity index (χ4v) is 1.86. The van der Waals surface area contributed by atoms with Gasteiger partial charge in [-0.05, 0) is 42.0 Å². The number of ether oxygens (including phenoxy) is 1. The predicted molar refractivity (Wildman–Crippen MR) is 79.5 cm³/mol. The molecule has 0 bridgehead atoms. The van der Waals surface area contributed by atoms with Gasteiger partial charge in [-0.15, -0.1) is 0 Å². The van der Waals surface area contributed by atoms with Gasteiger partial charge in [0.1, 0.15) is 11.5 Å². The number of allylic oxidation sites excluding steroid dienone is 1. The lowest BCUT2D eigenvalue weighted by atomic mass is 10.1. The van der Waals surface area contributed by atoms with Crippen molar-refractivity contribution in [3.05, 3.63) is 64.7 Å². The van der Waals surface area contributed by atoms with Crippen LogP contribution in [0.5, 0.6) is 11.5 Å². The van der Waals surface area contributed by atoms with Gasteiger partial charge < -0.3 is 9.84 Å². The molecular weight excluding hydrogens is 276 g/mol. The summed E-state index contributed by atoms with van der Waals surface area (Å²) >= 11 is 5.72. The molecule has 2 rings (SSSR count). The van der Waals surface area contributed by atoms with E-state index in [9.17, 15) is 9.90 Å². The van der Waals surface area contributed by atoms with Crippen molar-refractivity contribution in [3.8, 4) is 11.5 Å². The van der Waals surface area contributed by atoms with Crippen LogP contribution < -0.4 is 4.74 Å². The fourth-order valence-electron chi connectivity index (χ4n) is 1.69. The topological polar surface area (TPSA) is 46.5 Å². The Hall–Kier alpha value is -2.26. The maximum Gasteiger partial charge on any atom is 0.189 e. The molecule has 0 heterocycles. The molecule has 0 aliphatic rings. The number of ketones is 1. The van der Waals surface area contributed by atoms with Crippen LogP contribution in [0.15, 0.2) is 48.5 Å². The van der Waals surface area contributed by atoms with E-state index in [4.69, 9.17) is 16.3 Å². The standard InChI is InChI=1S/C16H13ClO3/c1-20-13-6-2-11(3-7-13)4-9-15(18)14-8-5-12(17)10-16(14)19/h2-10,19H,1H3/b9-4+. The predicted octanol–water partition coefficient (Wildman–Crippen LogP) is 3.95. The van der Waals surface area contributed by atoms with Crippen molar-refractivity contribution in [2.24, 2.45) is 0 Å². The van der Waals surface area contributed by atoms with Gasteiger partial charge in [-0.3, -0.25) is 4.79 Å². The highest BCUT2D eigenvalue weighted by Crippen LogP contribution is 2.23. The molecule has 0 amide bonds. The zero-order valence-electron chi connectivity index (χ0n) is 10.8. The minimum absolute atomic E-state index is 0.123. The molecule has 0 radical (unpaired) electrons. The van der Waals surface area contributed by atoms with Gasteiger partial charge in [0.05, 0.1) is 12.7 Å². The number of rotatable bonds is 4. The highest BCUT2D eigenvalue weighted by Gasteiger charge is 2.08. The molecule has 0 saturated carbocycles. The van der Waals surface area contributed by atoms with Crippen LogP contribution in [0.4, 0.5) is 0 Å². The van der Waals surface area contributed by atoms with Crippen molar-refractivity contribution >= 4 is 23.5 Å². The SMILES string of the molecule is COc1ccc(/C=C/C(=O)c2ccc(Cl)cc2O)cc1. The van der Waals surface area contributed by atoms with E-state index in [1.807, 2.05) is 24.3 Å². The van der Waals surface area contributed by atoms with E-state index in [-0.39, 0.29) is 17.1 Å². The highest BCUT2D eigenvalue weighted by atomic mass is 35.5. The van der Waals surface area contributed by atoms with Gasteiger partial charge in [-0.1, -0.05) is 29.8 Å².